The molecule has 3 unspecified atom stereocenters. The van der Waals surface area contributed by atoms with Gasteiger partial charge in [0.25, 0.3) is 0 Å². The van der Waals surface area contributed by atoms with Crippen molar-refractivity contribution < 1.29 is 34.4 Å². The number of carbonyl (C=O) groups excluding carboxylic acids is 2. The number of ether oxygens (including phenoxy) is 1. The molecule has 3 atom stereocenters. The lowest BCUT2D eigenvalue weighted by molar-refractivity contribution is -0.173. The monoisotopic (exact) mass is 655 g/mol. The van der Waals surface area contributed by atoms with Crippen LogP contribution >= 0.6 is 0 Å². The molecule has 0 amide bonds. The second-order valence-electron chi connectivity index (χ2n) is 13.8. The van der Waals surface area contributed by atoms with Gasteiger partial charge in [-0.3, -0.25) is 9.59 Å². The SMILES string of the molecule is CCCCCCCCCCCCCCCCC(C(=O)O)C(CCCCCCCCCCCCCCCC)C(=O)OC(=O)C(O)CO. The molecule has 0 saturated carbocycles. The molecule has 3 N–H and O–H groups in total. The second kappa shape index (κ2) is 33.4. The summed E-state index contributed by atoms with van der Waals surface area (Å²) >= 11 is 0. The molecule has 0 aliphatic rings. The van der Waals surface area contributed by atoms with E-state index in [1.54, 1.807) is 0 Å². The number of unbranched alkanes of at least 4 members (excludes halogenated alkanes) is 26. The highest BCUT2D eigenvalue weighted by Crippen LogP contribution is 2.28. The topological polar surface area (TPSA) is 121 Å². The molecule has 0 aromatic rings. The number of esters is 2. The molecule has 0 radical (unpaired) electrons. The highest BCUT2D eigenvalue weighted by molar-refractivity contribution is 5.91. The van der Waals surface area contributed by atoms with Crippen LogP contribution in [0, 0.1) is 11.8 Å². The molecule has 0 rings (SSSR count). The minimum atomic E-state index is -1.81. The smallest absolute Gasteiger partial charge is 0.345 e. The first-order valence-electron chi connectivity index (χ1n) is 19.7. The van der Waals surface area contributed by atoms with Gasteiger partial charge < -0.3 is 20.1 Å². The Kier molecular flexibility index (Phi) is 32.4. The molecule has 0 aromatic heterocycles. The fourth-order valence-corrected chi connectivity index (χ4v) is 6.42. The predicted molar refractivity (Wildman–Crippen MR) is 189 cm³/mol. The summed E-state index contributed by atoms with van der Waals surface area (Å²) in [5.74, 6) is -5.03. The normalized spacial score (nSPS) is 13.4. The molecule has 272 valence electrons. The summed E-state index contributed by atoms with van der Waals surface area (Å²) in [6.45, 7) is 3.64. The number of carboxylic acid groups (broad SMARTS) is 1. The number of hydrogen-bond donors (Lipinski definition) is 3. The van der Waals surface area contributed by atoms with Crippen molar-refractivity contribution >= 4 is 17.9 Å². The number of hydrogen-bond acceptors (Lipinski definition) is 6. The van der Waals surface area contributed by atoms with Gasteiger partial charge in [-0.15, -0.1) is 0 Å². The van der Waals surface area contributed by atoms with E-state index in [2.05, 4.69) is 13.8 Å². The zero-order valence-corrected chi connectivity index (χ0v) is 30.1. The quantitative estimate of drug-likeness (QED) is 0.0353. The fraction of sp³-hybridized carbons (Fsp3) is 0.923. The lowest BCUT2D eigenvalue weighted by Gasteiger charge is -2.22. The van der Waals surface area contributed by atoms with Crippen molar-refractivity contribution in [3.05, 3.63) is 0 Å². The Morgan fingerprint density at radius 2 is 0.739 bits per heavy atom. The molecule has 7 nitrogen and oxygen atoms in total. The standard InChI is InChI=1S/C39H74O7/c1-3-5-7-9-11-13-15-17-19-21-23-25-27-29-31-34(37(42)43)35(38(44)46-39(45)36(41)33-40)32-30-28-26-24-22-20-18-16-14-12-10-8-6-4-2/h34-36,40-41H,3-33H2,1-2H3,(H,42,43). The second-order valence-corrected chi connectivity index (χ2v) is 13.8. The van der Waals surface area contributed by atoms with Crippen molar-refractivity contribution in [3.63, 3.8) is 0 Å². The van der Waals surface area contributed by atoms with Gasteiger partial charge >= 0.3 is 17.9 Å². The van der Waals surface area contributed by atoms with E-state index < -0.39 is 42.5 Å². The van der Waals surface area contributed by atoms with E-state index >= 15 is 0 Å². The van der Waals surface area contributed by atoms with Gasteiger partial charge in [-0.05, 0) is 12.8 Å². The van der Waals surface area contributed by atoms with Crippen molar-refractivity contribution in [3.8, 4) is 0 Å². The number of carbonyl (C=O) groups is 3. The maximum absolute atomic E-state index is 12.9. The van der Waals surface area contributed by atoms with Crippen LogP contribution in [-0.4, -0.2) is 45.9 Å². The van der Waals surface area contributed by atoms with Crippen LogP contribution in [0.5, 0.6) is 0 Å². The lowest BCUT2D eigenvalue weighted by Crippen LogP contribution is -2.36. The fourth-order valence-electron chi connectivity index (χ4n) is 6.42. The van der Waals surface area contributed by atoms with Crippen molar-refractivity contribution in [2.75, 3.05) is 6.61 Å². The summed E-state index contributed by atoms with van der Waals surface area (Å²) in [6.07, 6.45) is 32.8. The van der Waals surface area contributed by atoms with Gasteiger partial charge in [0.2, 0.25) is 0 Å². The molecule has 0 aliphatic heterocycles. The molecule has 0 saturated heterocycles. The van der Waals surface area contributed by atoms with Gasteiger partial charge in [0.05, 0.1) is 18.4 Å². The van der Waals surface area contributed by atoms with Crippen LogP contribution < -0.4 is 0 Å². The summed E-state index contributed by atoms with van der Waals surface area (Å²) in [7, 11) is 0. The van der Waals surface area contributed by atoms with Gasteiger partial charge in [-0.1, -0.05) is 194 Å². The molecule has 0 fully saturated rings. The van der Waals surface area contributed by atoms with Gasteiger partial charge in [0, 0.05) is 0 Å². The maximum Gasteiger partial charge on any atom is 0.345 e. The summed E-state index contributed by atoms with van der Waals surface area (Å²) in [6, 6.07) is 0. The third-order valence-corrected chi connectivity index (χ3v) is 9.49. The first-order valence-corrected chi connectivity index (χ1v) is 19.7. The minimum Gasteiger partial charge on any atom is -0.481 e. The number of aliphatic carboxylic acids is 1. The van der Waals surface area contributed by atoms with E-state index in [-0.39, 0.29) is 0 Å². The largest absolute Gasteiger partial charge is 0.481 e. The van der Waals surface area contributed by atoms with Crippen LogP contribution in [0.2, 0.25) is 0 Å². The van der Waals surface area contributed by atoms with Crippen molar-refractivity contribution in [2.45, 2.75) is 213 Å². The van der Waals surface area contributed by atoms with Gasteiger partial charge in [0.1, 0.15) is 0 Å². The first-order chi connectivity index (χ1) is 22.4. The molecule has 0 heterocycles. The Labute approximate surface area is 283 Å². The minimum absolute atomic E-state index is 0.342. The summed E-state index contributed by atoms with van der Waals surface area (Å²) in [4.78, 5) is 37.2. The number of rotatable bonds is 35. The predicted octanol–water partition coefficient (Wildman–Crippen LogP) is 10.5. The number of aliphatic hydroxyl groups excluding tert-OH is 2. The van der Waals surface area contributed by atoms with Crippen molar-refractivity contribution in [1.29, 1.82) is 0 Å². The van der Waals surface area contributed by atoms with Crippen molar-refractivity contribution in [2.24, 2.45) is 11.8 Å². The molecule has 46 heavy (non-hydrogen) atoms. The van der Waals surface area contributed by atoms with E-state index in [0.29, 0.717) is 25.7 Å². The van der Waals surface area contributed by atoms with E-state index in [4.69, 9.17) is 9.84 Å². The van der Waals surface area contributed by atoms with E-state index in [9.17, 15) is 24.6 Å². The molecule has 0 aromatic carbocycles. The zero-order chi connectivity index (χ0) is 34.1. The third kappa shape index (κ3) is 26.6. The number of aliphatic hydroxyl groups is 2. The molecule has 0 aliphatic carbocycles. The highest BCUT2D eigenvalue weighted by Gasteiger charge is 2.36. The Morgan fingerprint density at radius 3 is 1.02 bits per heavy atom. The Morgan fingerprint density at radius 1 is 0.457 bits per heavy atom. The van der Waals surface area contributed by atoms with Crippen LogP contribution in [0.1, 0.15) is 206 Å². The molecule has 7 heteroatoms. The van der Waals surface area contributed by atoms with Crippen LogP contribution in [0.25, 0.3) is 0 Å². The third-order valence-electron chi connectivity index (χ3n) is 9.49. The Balaban J connectivity index is 4.42. The maximum atomic E-state index is 12.9. The molecular formula is C39H74O7. The van der Waals surface area contributed by atoms with Crippen LogP contribution in [0.3, 0.4) is 0 Å². The summed E-state index contributed by atoms with van der Waals surface area (Å²) in [5, 5.41) is 28.6. The van der Waals surface area contributed by atoms with Gasteiger partial charge in [0.15, 0.2) is 6.10 Å². The lowest BCUT2D eigenvalue weighted by atomic mass is 9.83. The average molecular weight is 655 g/mol. The van der Waals surface area contributed by atoms with Crippen molar-refractivity contribution in [1.82, 2.24) is 0 Å². The highest BCUT2D eigenvalue weighted by atomic mass is 16.6. The summed E-state index contributed by atoms with van der Waals surface area (Å²) < 4.78 is 4.84. The van der Waals surface area contributed by atoms with Crippen LogP contribution in [-0.2, 0) is 19.1 Å². The zero-order valence-electron chi connectivity index (χ0n) is 30.1. The number of carboxylic acids is 1. The summed E-state index contributed by atoms with van der Waals surface area (Å²) in [5.41, 5.74) is 0. The van der Waals surface area contributed by atoms with Crippen LogP contribution in [0.4, 0.5) is 0 Å². The van der Waals surface area contributed by atoms with Crippen LogP contribution in [0.15, 0.2) is 0 Å². The first kappa shape index (κ1) is 44.5. The molecular weight excluding hydrogens is 580 g/mol. The van der Waals surface area contributed by atoms with E-state index in [1.165, 1.54) is 128 Å². The molecule has 0 bridgehead atoms. The average Bonchev–Trinajstić information content (AvgIpc) is 3.04. The van der Waals surface area contributed by atoms with Gasteiger partial charge in [-0.25, -0.2) is 4.79 Å². The molecule has 0 spiro atoms. The van der Waals surface area contributed by atoms with Gasteiger partial charge in [-0.2, -0.15) is 0 Å². The Hall–Kier alpha value is -1.47. The van der Waals surface area contributed by atoms with E-state index in [1.807, 2.05) is 0 Å². The van der Waals surface area contributed by atoms with E-state index in [0.717, 1.165) is 38.5 Å². The Bertz CT molecular complexity index is 710.